The lowest BCUT2D eigenvalue weighted by molar-refractivity contribution is 0.532. The zero-order valence-electron chi connectivity index (χ0n) is 8.59. The van der Waals surface area contributed by atoms with Gasteiger partial charge in [0.05, 0.1) is 6.07 Å². The van der Waals surface area contributed by atoms with Gasteiger partial charge in [-0.3, -0.25) is 5.32 Å². The summed E-state index contributed by atoms with van der Waals surface area (Å²) in [6.45, 7) is 3.72. The number of benzene rings is 1. The predicted octanol–water partition coefficient (Wildman–Crippen LogP) is 2.53. The van der Waals surface area contributed by atoms with E-state index in [4.69, 9.17) is 5.26 Å². The summed E-state index contributed by atoms with van der Waals surface area (Å²) in [5.74, 6) is -1.34. The van der Waals surface area contributed by atoms with Crippen molar-refractivity contribution in [3.05, 3.63) is 35.4 Å². The largest absolute Gasteiger partial charge is 0.296 e. The predicted molar refractivity (Wildman–Crippen MR) is 53.0 cm³/mol. The Morgan fingerprint density at radius 2 is 1.73 bits per heavy atom. The molecule has 2 nitrogen and oxygen atoms in total. The van der Waals surface area contributed by atoms with Crippen molar-refractivity contribution in [1.29, 1.82) is 5.26 Å². The van der Waals surface area contributed by atoms with E-state index in [0.717, 1.165) is 18.2 Å². The van der Waals surface area contributed by atoms with Gasteiger partial charge in [0.25, 0.3) is 0 Å². The minimum absolute atomic E-state index is 0.0704. The number of nitrogens with zero attached hydrogens (tertiary/aromatic N) is 1. The fourth-order valence-corrected chi connectivity index (χ4v) is 1.28. The molecule has 0 amide bonds. The van der Waals surface area contributed by atoms with Gasteiger partial charge in [0.1, 0.15) is 17.7 Å². The van der Waals surface area contributed by atoms with Gasteiger partial charge < -0.3 is 0 Å². The standard InChI is InChI=1S/C11H12F2N2/c1-7(2)15-11(6-14)8-3-9(12)5-10(13)4-8/h3-5,7,11,15H,1-2H3. The molecule has 15 heavy (non-hydrogen) atoms. The number of nitriles is 1. The summed E-state index contributed by atoms with van der Waals surface area (Å²) in [5, 5.41) is 11.8. The Kier molecular flexibility index (Phi) is 3.75. The van der Waals surface area contributed by atoms with Crippen LogP contribution in [0.2, 0.25) is 0 Å². The molecule has 0 radical (unpaired) electrons. The third-order valence-corrected chi connectivity index (χ3v) is 1.85. The highest BCUT2D eigenvalue weighted by molar-refractivity contribution is 5.25. The Labute approximate surface area is 87.5 Å². The summed E-state index contributed by atoms with van der Waals surface area (Å²) >= 11 is 0. The first-order chi connectivity index (χ1) is 7.02. The Morgan fingerprint density at radius 1 is 1.20 bits per heavy atom. The zero-order valence-corrected chi connectivity index (χ0v) is 8.59. The van der Waals surface area contributed by atoms with E-state index in [-0.39, 0.29) is 6.04 Å². The smallest absolute Gasteiger partial charge is 0.126 e. The molecule has 0 aromatic heterocycles. The van der Waals surface area contributed by atoms with E-state index in [1.165, 1.54) is 0 Å². The second-order valence-electron chi connectivity index (χ2n) is 3.59. The molecule has 1 rings (SSSR count). The molecular formula is C11H12F2N2. The molecule has 4 heteroatoms. The van der Waals surface area contributed by atoms with E-state index in [9.17, 15) is 8.78 Å². The number of hydrogen-bond donors (Lipinski definition) is 1. The SMILES string of the molecule is CC(C)NC(C#N)c1cc(F)cc(F)c1. The summed E-state index contributed by atoms with van der Waals surface area (Å²) in [6.07, 6.45) is 0. The summed E-state index contributed by atoms with van der Waals surface area (Å²) < 4.78 is 25.8. The third kappa shape index (κ3) is 3.30. The summed E-state index contributed by atoms with van der Waals surface area (Å²) in [7, 11) is 0. The Hall–Kier alpha value is -1.47. The molecule has 0 aliphatic carbocycles. The number of nitrogens with one attached hydrogen (secondary N) is 1. The molecule has 0 fully saturated rings. The molecule has 1 aromatic carbocycles. The van der Waals surface area contributed by atoms with Crippen molar-refractivity contribution in [2.45, 2.75) is 25.9 Å². The van der Waals surface area contributed by atoms with Gasteiger partial charge in [-0.25, -0.2) is 8.78 Å². The fourth-order valence-electron chi connectivity index (χ4n) is 1.28. The molecule has 0 aliphatic rings. The van der Waals surface area contributed by atoms with Crippen LogP contribution in [0, 0.1) is 23.0 Å². The van der Waals surface area contributed by atoms with Gasteiger partial charge in [0.2, 0.25) is 0 Å². The molecule has 1 aromatic rings. The minimum atomic E-state index is -0.685. The second-order valence-corrected chi connectivity index (χ2v) is 3.59. The van der Waals surface area contributed by atoms with Crippen molar-refractivity contribution in [2.75, 3.05) is 0 Å². The van der Waals surface area contributed by atoms with Crippen LogP contribution in [0.1, 0.15) is 25.5 Å². The minimum Gasteiger partial charge on any atom is -0.296 e. The molecule has 1 N–H and O–H groups in total. The highest BCUT2D eigenvalue weighted by atomic mass is 19.1. The van der Waals surface area contributed by atoms with Crippen LogP contribution in [-0.4, -0.2) is 6.04 Å². The normalized spacial score (nSPS) is 12.5. The van der Waals surface area contributed by atoms with Crippen molar-refractivity contribution >= 4 is 0 Å². The third-order valence-electron chi connectivity index (χ3n) is 1.85. The summed E-state index contributed by atoms with van der Waals surface area (Å²) in [4.78, 5) is 0. The van der Waals surface area contributed by atoms with Crippen LogP contribution in [0.25, 0.3) is 0 Å². The Morgan fingerprint density at radius 3 is 2.13 bits per heavy atom. The van der Waals surface area contributed by atoms with Gasteiger partial charge in [0, 0.05) is 12.1 Å². The molecule has 1 atom stereocenters. The zero-order chi connectivity index (χ0) is 11.4. The van der Waals surface area contributed by atoms with Gasteiger partial charge >= 0.3 is 0 Å². The monoisotopic (exact) mass is 210 g/mol. The van der Waals surface area contributed by atoms with Crippen molar-refractivity contribution in [3.63, 3.8) is 0 Å². The lowest BCUT2D eigenvalue weighted by atomic mass is 10.1. The van der Waals surface area contributed by atoms with Gasteiger partial charge in [0.15, 0.2) is 0 Å². The van der Waals surface area contributed by atoms with Crippen LogP contribution in [0.3, 0.4) is 0 Å². The highest BCUT2D eigenvalue weighted by Crippen LogP contribution is 2.16. The molecule has 0 spiro atoms. The maximum Gasteiger partial charge on any atom is 0.126 e. The highest BCUT2D eigenvalue weighted by Gasteiger charge is 2.13. The maximum absolute atomic E-state index is 12.9. The first-order valence-electron chi connectivity index (χ1n) is 4.64. The van der Waals surface area contributed by atoms with E-state index in [1.54, 1.807) is 0 Å². The average molecular weight is 210 g/mol. The molecule has 0 aliphatic heterocycles. The van der Waals surface area contributed by atoms with Crippen LogP contribution < -0.4 is 5.32 Å². The van der Waals surface area contributed by atoms with Gasteiger partial charge in [-0.05, 0) is 31.5 Å². The van der Waals surface area contributed by atoms with Gasteiger partial charge in [-0.15, -0.1) is 0 Å². The molecule has 0 bridgehead atoms. The van der Waals surface area contributed by atoms with Gasteiger partial charge in [-0.2, -0.15) is 5.26 Å². The average Bonchev–Trinajstić information content (AvgIpc) is 2.12. The number of halogens is 2. The summed E-state index contributed by atoms with van der Waals surface area (Å²) in [5.41, 5.74) is 0.309. The summed E-state index contributed by atoms with van der Waals surface area (Å²) in [6, 6.07) is 4.45. The first-order valence-corrected chi connectivity index (χ1v) is 4.64. The molecular weight excluding hydrogens is 198 g/mol. The van der Waals surface area contributed by atoms with E-state index < -0.39 is 17.7 Å². The Bertz CT molecular complexity index is 362. The first kappa shape index (κ1) is 11.6. The topological polar surface area (TPSA) is 35.8 Å². The van der Waals surface area contributed by atoms with E-state index in [1.807, 2.05) is 19.9 Å². The van der Waals surface area contributed by atoms with Crippen molar-refractivity contribution in [3.8, 4) is 6.07 Å². The van der Waals surface area contributed by atoms with Crippen LogP contribution in [0.4, 0.5) is 8.78 Å². The van der Waals surface area contributed by atoms with E-state index >= 15 is 0 Å². The molecule has 80 valence electrons. The van der Waals surface area contributed by atoms with Crippen molar-refractivity contribution in [1.82, 2.24) is 5.32 Å². The van der Waals surface area contributed by atoms with Crippen LogP contribution >= 0.6 is 0 Å². The molecule has 0 saturated heterocycles. The van der Waals surface area contributed by atoms with Crippen molar-refractivity contribution in [2.24, 2.45) is 0 Å². The molecule has 0 saturated carbocycles. The quantitative estimate of drug-likeness (QED) is 0.832. The lowest BCUT2D eigenvalue weighted by Crippen LogP contribution is -2.27. The van der Waals surface area contributed by atoms with Crippen molar-refractivity contribution < 1.29 is 8.78 Å². The second kappa shape index (κ2) is 4.85. The number of rotatable bonds is 3. The van der Waals surface area contributed by atoms with Crippen LogP contribution in [-0.2, 0) is 0 Å². The van der Waals surface area contributed by atoms with Crippen LogP contribution in [0.5, 0.6) is 0 Å². The van der Waals surface area contributed by atoms with E-state index in [0.29, 0.717) is 5.56 Å². The van der Waals surface area contributed by atoms with Gasteiger partial charge in [-0.1, -0.05) is 0 Å². The Balaban J connectivity index is 2.97. The van der Waals surface area contributed by atoms with Crippen LogP contribution in [0.15, 0.2) is 18.2 Å². The lowest BCUT2D eigenvalue weighted by Gasteiger charge is -2.14. The maximum atomic E-state index is 12.9. The molecule has 0 heterocycles. The molecule has 1 unspecified atom stereocenters. The number of hydrogen-bond acceptors (Lipinski definition) is 2. The fraction of sp³-hybridized carbons (Fsp3) is 0.364. The van der Waals surface area contributed by atoms with E-state index in [2.05, 4.69) is 5.32 Å².